The highest BCUT2D eigenvalue weighted by molar-refractivity contribution is 7.99. The summed E-state index contributed by atoms with van der Waals surface area (Å²) in [6.07, 6.45) is 2.26. The molecule has 1 aliphatic rings. The Labute approximate surface area is 127 Å². The predicted octanol–water partition coefficient (Wildman–Crippen LogP) is 1.81. The Balaban J connectivity index is 1.84. The SMILES string of the molecule is CCSc1cc(CNC(=O)N2CCC(C(=O)O)C2)ccn1. The number of thioether (sulfide) groups is 1. The van der Waals surface area contributed by atoms with E-state index >= 15 is 0 Å². The number of rotatable bonds is 5. The van der Waals surface area contributed by atoms with Crippen LogP contribution in [0.3, 0.4) is 0 Å². The third-order valence-corrected chi connectivity index (χ3v) is 4.17. The lowest BCUT2D eigenvalue weighted by Gasteiger charge is -2.16. The van der Waals surface area contributed by atoms with Crippen molar-refractivity contribution in [2.75, 3.05) is 18.8 Å². The summed E-state index contributed by atoms with van der Waals surface area (Å²) < 4.78 is 0. The molecule has 0 bridgehead atoms. The molecule has 2 amide bonds. The molecule has 2 N–H and O–H groups in total. The van der Waals surface area contributed by atoms with Crippen LogP contribution in [0.1, 0.15) is 18.9 Å². The van der Waals surface area contributed by atoms with Crippen LogP contribution in [0, 0.1) is 5.92 Å². The Morgan fingerprint density at radius 1 is 1.57 bits per heavy atom. The van der Waals surface area contributed by atoms with Gasteiger partial charge in [-0.25, -0.2) is 9.78 Å². The summed E-state index contributed by atoms with van der Waals surface area (Å²) in [5.74, 6) is -0.322. The zero-order valence-electron chi connectivity index (χ0n) is 11.9. The minimum Gasteiger partial charge on any atom is -0.481 e. The predicted molar refractivity (Wildman–Crippen MR) is 80.2 cm³/mol. The van der Waals surface area contributed by atoms with Crippen LogP contribution in [0.5, 0.6) is 0 Å². The van der Waals surface area contributed by atoms with Gasteiger partial charge >= 0.3 is 12.0 Å². The quantitative estimate of drug-likeness (QED) is 0.811. The van der Waals surface area contributed by atoms with Gasteiger partial charge in [0, 0.05) is 25.8 Å². The molecule has 1 aliphatic heterocycles. The molecule has 114 valence electrons. The Kier molecular flexibility index (Phi) is 5.44. The summed E-state index contributed by atoms with van der Waals surface area (Å²) in [5.41, 5.74) is 0.989. The van der Waals surface area contributed by atoms with Gasteiger partial charge in [0.1, 0.15) is 0 Å². The first-order valence-corrected chi connectivity index (χ1v) is 7.92. The highest BCUT2D eigenvalue weighted by Crippen LogP contribution is 2.17. The molecule has 1 unspecified atom stereocenters. The van der Waals surface area contributed by atoms with Gasteiger partial charge in [0.15, 0.2) is 0 Å². The third-order valence-electron chi connectivity index (χ3n) is 3.36. The van der Waals surface area contributed by atoms with Crippen molar-refractivity contribution in [3.63, 3.8) is 0 Å². The number of amides is 2. The van der Waals surface area contributed by atoms with E-state index in [4.69, 9.17) is 5.11 Å². The number of nitrogens with zero attached hydrogens (tertiary/aromatic N) is 2. The number of carbonyl (C=O) groups is 2. The number of pyridine rings is 1. The molecule has 1 aromatic rings. The molecule has 7 heteroatoms. The molecule has 6 nitrogen and oxygen atoms in total. The van der Waals surface area contributed by atoms with Gasteiger partial charge in [-0.05, 0) is 29.9 Å². The molecule has 0 aromatic carbocycles. The van der Waals surface area contributed by atoms with E-state index in [0.29, 0.717) is 19.5 Å². The van der Waals surface area contributed by atoms with Gasteiger partial charge in [0.25, 0.3) is 0 Å². The van der Waals surface area contributed by atoms with Gasteiger partial charge in [-0.3, -0.25) is 4.79 Å². The van der Waals surface area contributed by atoms with Crippen molar-refractivity contribution in [2.24, 2.45) is 5.92 Å². The zero-order chi connectivity index (χ0) is 15.2. The number of urea groups is 1. The average Bonchev–Trinajstić information content (AvgIpc) is 2.96. The first-order chi connectivity index (χ1) is 10.1. The highest BCUT2D eigenvalue weighted by atomic mass is 32.2. The minimum absolute atomic E-state index is 0.208. The largest absolute Gasteiger partial charge is 0.481 e. The fraction of sp³-hybridized carbons (Fsp3) is 0.500. The van der Waals surface area contributed by atoms with Crippen molar-refractivity contribution in [2.45, 2.75) is 24.9 Å². The normalized spacial score (nSPS) is 17.8. The van der Waals surface area contributed by atoms with E-state index in [1.54, 1.807) is 22.9 Å². The maximum atomic E-state index is 12.0. The van der Waals surface area contributed by atoms with Crippen LogP contribution in [0.2, 0.25) is 0 Å². The van der Waals surface area contributed by atoms with Crippen LogP contribution in [0.15, 0.2) is 23.4 Å². The van der Waals surface area contributed by atoms with Crippen LogP contribution in [-0.2, 0) is 11.3 Å². The molecule has 1 atom stereocenters. The molecular weight excluding hydrogens is 290 g/mol. The summed E-state index contributed by atoms with van der Waals surface area (Å²) in [5, 5.41) is 12.7. The number of aliphatic carboxylic acids is 1. The number of hydrogen-bond donors (Lipinski definition) is 2. The van der Waals surface area contributed by atoms with E-state index in [1.165, 1.54) is 0 Å². The van der Waals surface area contributed by atoms with Crippen LogP contribution in [0.25, 0.3) is 0 Å². The second kappa shape index (κ2) is 7.31. The monoisotopic (exact) mass is 309 g/mol. The van der Waals surface area contributed by atoms with Crippen molar-refractivity contribution in [3.05, 3.63) is 23.9 Å². The molecule has 0 aliphatic carbocycles. The summed E-state index contributed by atoms with van der Waals surface area (Å²) in [6, 6.07) is 3.61. The highest BCUT2D eigenvalue weighted by Gasteiger charge is 2.30. The first kappa shape index (κ1) is 15.6. The van der Waals surface area contributed by atoms with Gasteiger partial charge in [-0.15, -0.1) is 11.8 Å². The molecule has 0 saturated carbocycles. The fourth-order valence-corrected chi connectivity index (χ4v) is 2.89. The van der Waals surface area contributed by atoms with Crippen molar-refractivity contribution in [1.29, 1.82) is 0 Å². The number of likely N-dealkylation sites (tertiary alicyclic amines) is 1. The van der Waals surface area contributed by atoms with E-state index in [0.717, 1.165) is 16.3 Å². The molecule has 1 aromatic heterocycles. The Hall–Kier alpha value is -1.76. The fourth-order valence-electron chi connectivity index (χ4n) is 2.22. The number of carbonyl (C=O) groups excluding carboxylic acids is 1. The summed E-state index contributed by atoms with van der Waals surface area (Å²) in [4.78, 5) is 28.7. The van der Waals surface area contributed by atoms with Gasteiger partial charge in [-0.2, -0.15) is 0 Å². The minimum atomic E-state index is -0.833. The van der Waals surface area contributed by atoms with Crippen molar-refractivity contribution in [3.8, 4) is 0 Å². The van der Waals surface area contributed by atoms with Gasteiger partial charge < -0.3 is 15.3 Å². The molecular formula is C14H19N3O3S. The third kappa shape index (κ3) is 4.35. The number of nitrogens with one attached hydrogen (secondary N) is 1. The van der Waals surface area contributed by atoms with E-state index in [2.05, 4.69) is 17.2 Å². The summed E-state index contributed by atoms with van der Waals surface area (Å²) in [6.45, 7) is 3.27. The number of aromatic nitrogens is 1. The molecule has 1 saturated heterocycles. The summed E-state index contributed by atoms with van der Waals surface area (Å²) >= 11 is 1.65. The van der Waals surface area contributed by atoms with Crippen LogP contribution in [-0.4, -0.2) is 45.8 Å². The standard InChI is InChI=1S/C14H19N3O3S/c1-2-21-12-7-10(3-5-15-12)8-16-14(20)17-6-4-11(9-17)13(18)19/h3,5,7,11H,2,4,6,8-9H2,1H3,(H,16,20)(H,18,19). The van der Waals surface area contributed by atoms with Gasteiger partial charge in [-0.1, -0.05) is 6.92 Å². The summed E-state index contributed by atoms with van der Waals surface area (Å²) in [7, 11) is 0. The van der Waals surface area contributed by atoms with Crippen LogP contribution >= 0.6 is 11.8 Å². The smallest absolute Gasteiger partial charge is 0.317 e. The number of hydrogen-bond acceptors (Lipinski definition) is 4. The molecule has 2 rings (SSSR count). The maximum absolute atomic E-state index is 12.0. The molecule has 2 heterocycles. The van der Waals surface area contributed by atoms with Crippen molar-refractivity contribution < 1.29 is 14.7 Å². The average molecular weight is 309 g/mol. The zero-order valence-corrected chi connectivity index (χ0v) is 12.7. The molecule has 0 spiro atoms. The van der Waals surface area contributed by atoms with E-state index < -0.39 is 11.9 Å². The molecule has 0 radical (unpaired) electrons. The number of carboxylic acids is 1. The van der Waals surface area contributed by atoms with E-state index in [1.807, 2.05) is 12.1 Å². The Morgan fingerprint density at radius 3 is 3.05 bits per heavy atom. The van der Waals surface area contributed by atoms with E-state index in [9.17, 15) is 9.59 Å². The molecule has 1 fully saturated rings. The Morgan fingerprint density at radius 2 is 2.38 bits per heavy atom. The topological polar surface area (TPSA) is 82.5 Å². The van der Waals surface area contributed by atoms with Crippen molar-refractivity contribution in [1.82, 2.24) is 15.2 Å². The lowest BCUT2D eigenvalue weighted by molar-refractivity contribution is -0.141. The van der Waals surface area contributed by atoms with Gasteiger partial charge in [0.2, 0.25) is 0 Å². The Bertz CT molecular complexity index is 524. The van der Waals surface area contributed by atoms with E-state index in [-0.39, 0.29) is 12.6 Å². The van der Waals surface area contributed by atoms with Crippen LogP contribution in [0.4, 0.5) is 4.79 Å². The van der Waals surface area contributed by atoms with Gasteiger partial charge in [0.05, 0.1) is 10.9 Å². The second-order valence-electron chi connectivity index (χ2n) is 4.86. The number of carboxylic acid groups (broad SMARTS) is 1. The lowest BCUT2D eigenvalue weighted by atomic mass is 10.1. The molecule has 21 heavy (non-hydrogen) atoms. The van der Waals surface area contributed by atoms with Crippen molar-refractivity contribution >= 4 is 23.8 Å². The van der Waals surface area contributed by atoms with Crippen LogP contribution < -0.4 is 5.32 Å². The first-order valence-electron chi connectivity index (χ1n) is 6.93. The lowest BCUT2D eigenvalue weighted by Crippen LogP contribution is -2.38. The second-order valence-corrected chi connectivity index (χ2v) is 6.15. The maximum Gasteiger partial charge on any atom is 0.317 e.